The SMILES string of the molecule is O=C(NCc1ccccc1)c1c(N=Cc2cccc(OCc3ccc(Cl)cc3Cl)c2)sc2c1CCCC2. The monoisotopic (exact) mass is 548 g/mol. The molecule has 1 heterocycles. The Bertz CT molecular complexity index is 1430. The van der Waals surface area contributed by atoms with E-state index in [1.54, 1.807) is 29.7 Å². The molecule has 0 radical (unpaired) electrons. The molecule has 0 atom stereocenters. The van der Waals surface area contributed by atoms with Gasteiger partial charge in [-0.2, -0.15) is 0 Å². The van der Waals surface area contributed by atoms with Crippen LogP contribution in [0.1, 0.15) is 50.3 Å². The average Bonchev–Trinajstić information content (AvgIpc) is 3.29. The molecule has 0 saturated carbocycles. The zero-order valence-corrected chi connectivity index (χ0v) is 22.5. The number of halogens is 2. The predicted octanol–water partition coefficient (Wildman–Crippen LogP) is 8.19. The molecule has 1 N–H and O–H groups in total. The molecule has 0 saturated heterocycles. The Kier molecular flexibility index (Phi) is 8.24. The summed E-state index contributed by atoms with van der Waals surface area (Å²) in [5, 5.41) is 5.02. The Balaban J connectivity index is 1.33. The molecule has 0 aliphatic heterocycles. The second-order valence-electron chi connectivity index (χ2n) is 8.91. The van der Waals surface area contributed by atoms with Gasteiger partial charge in [-0.3, -0.25) is 4.79 Å². The lowest BCUT2D eigenvalue weighted by Gasteiger charge is -2.12. The quantitative estimate of drug-likeness (QED) is 0.225. The second-order valence-corrected chi connectivity index (χ2v) is 10.8. The van der Waals surface area contributed by atoms with E-state index in [1.165, 1.54) is 4.88 Å². The van der Waals surface area contributed by atoms with Crippen LogP contribution in [-0.4, -0.2) is 12.1 Å². The number of benzene rings is 3. The van der Waals surface area contributed by atoms with Gasteiger partial charge >= 0.3 is 0 Å². The van der Waals surface area contributed by atoms with Crippen LogP contribution in [0.5, 0.6) is 5.75 Å². The summed E-state index contributed by atoms with van der Waals surface area (Å²) in [4.78, 5) is 19.3. The summed E-state index contributed by atoms with van der Waals surface area (Å²) in [6, 6.07) is 23.0. The van der Waals surface area contributed by atoms with Crippen LogP contribution in [0, 0.1) is 0 Å². The third-order valence-electron chi connectivity index (χ3n) is 6.27. The van der Waals surface area contributed by atoms with Crippen LogP contribution >= 0.6 is 34.5 Å². The molecule has 1 aromatic heterocycles. The number of hydrogen-bond donors (Lipinski definition) is 1. The summed E-state index contributed by atoms with van der Waals surface area (Å²) < 4.78 is 5.96. The smallest absolute Gasteiger partial charge is 0.254 e. The number of carbonyl (C=O) groups excluding carboxylic acids is 1. The van der Waals surface area contributed by atoms with E-state index >= 15 is 0 Å². The Labute approximate surface area is 230 Å². The zero-order valence-electron chi connectivity index (χ0n) is 20.2. The molecular formula is C30H26Cl2N2O2S. The third-order valence-corrected chi connectivity index (χ3v) is 8.06. The van der Waals surface area contributed by atoms with Crippen LogP contribution < -0.4 is 10.1 Å². The van der Waals surface area contributed by atoms with Gasteiger partial charge < -0.3 is 10.1 Å². The summed E-state index contributed by atoms with van der Waals surface area (Å²) in [6.07, 6.45) is 5.98. The maximum atomic E-state index is 13.3. The summed E-state index contributed by atoms with van der Waals surface area (Å²) in [5.41, 5.74) is 4.70. The van der Waals surface area contributed by atoms with Crippen molar-refractivity contribution < 1.29 is 9.53 Å². The number of aryl methyl sites for hydroxylation is 1. The van der Waals surface area contributed by atoms with Gasteiger partial charge in [0.2, 0.25) is 0 Å². The number of ether oxygens (including phenoxy) is 1. The molecule has 0 spiro atoms. The van der Waals surface area contributed by atoms with E-state index in [0.29, 0.717) is 28.9 Å². The molecule has 7 heteroatoms. The topological polar surface area (TPSA) is 50.7 Å². The van der Waals surface area contributed by atoms with Crippen LogP contribution in [0.2, 0.25) is 10.0 Å². The highest BCUT2D eigenvalue weighted by Gasteiger charge is 2.25. The van der Waals surface area contributed by atoms with E-state index in [-0.39, 0.29) is 5.91 Å². The maximum absolute atomic E-state index is 13.3. The normalized spacial score (nSPS) is 12.9. The fourth-order valence-electron chi connectivity index (χ4n) is 4.36. The van der Waals surface area contributed by atoms with E-state index in [4.69, 9.17) is 32.9 Å². The summed E-state index contributed by atoms with van der Waals surface area (Å²) in [7, 11) is 0. The van der Waals surface area contributed by atoms with Gasteiger partial charge in [0.15, 0.2) is 0 Å². The van der Waals surface area contributed by atoms with E-state index in [9.17, 15) is 4.79 Å². The lowest BCUT2D eigenvalue weighted by atomic mass is 9.95. The highest BCUT2D eigenvalue weighted by molar-refractivity contribution is 7.16. The predicted molar refractivity (Wildman–Crippen MR) is 153 cm³/mol. The van der Waals surface area contributed by atoms with E-state index in [0.717, 1.165) is 58.5 Å². The van der Waals surface area contributed by atoms with E-state index in [2.05, 4.69) is 5.32 Å². The Hall–Kier alpha value is -3.12. The molecule has 1 aliphatic rings. The number of carbonyl (C=O) groups is 1. The molecule has 5 rings (SSSR count). The number of nitrogens with zero attached hydrogens (tertiary/aromatic N) is 1. The number of nitrogens with one attached hydrogen (secondary N) is 1. The van der Waals surface area contributed by atoms with Gasteiger partial charge in [-0.1, -0.05) is 71.7 Å². The van der Waals surface area contributed by atoms with Crippen LogP contribution in [-0.2, 0) is 26.0 Å². The van der Waals surface area contributed by atoms with Crippen molar-refractivity contribution in [1.82, 2.24) is 5.32 Å². The van der Waals surface area contributed by atoms with Crippen LogP contribution in [0.3, 0.4) is 0 Å². The number of rotatable bonds is 8. The minimum Gasteiger partial charge on any atom is -0.489 e. The van der Waals surface area contributed by atoms with Gasteiger partial charge in [0.05, 0.1) is 5.56 Å². The first kappa shape index (κ1) is 25.5. The molecule has 4 nitrogen and oxygen atoms in total. The van der Waals surface area contributed by atoms with Gasteiger partial charge in [0.1, 0.15) is 17.4 Å². The average molecular weight is 550 g/mol. The molecule has 1 amide bonds. The molecule has 1 aliphatic carbocycles. The fraction of sp³-hybridized carbons (Fsp3) is 0.200. The lowest BCUT2D eigenvalue weighted by Crippen LogP contribution is -2.24. The second kappa shape index (κ2) is 12.0. The van der Waals surface area contributed by atoms with Crippen molar-refractivity contribution in [2.45, 2.75) is 38.8 Å². The summed E-state index contributed by atoms with van der Waals surface area (Å²) in [5.74, 6) is 0.647. The molecule has 0 bridgehead atoms. The number of hydrogen-bond acceptors (Lipinski definition) is 4. The number of amides is 1. The number of aliphatic imine (C=N–C) groups is 1. The standard InChI is InChI=1S/C30H26Cl2N2O2S/c31-23-14-13-22(26(32)16-23)19-36-24-10-6-9-21(15-24)18-34-30-28(25-11-4-5-12-27(25)37-30)29(35)33-17-20-7-2-1-3-8-20/h1-3,6-10,13-16,18H,4-5,11-12,17,19H2,(H,33,35). The van der Waals surface area contributed by atoms with Crippen molar-refractivity contribution in [1.29, 1.82) is 0 Å². The molecule has 0 unspecified atom stereocenters. The van der Waals surface area contributed by atoms with E-state index < -0.39 is 0 Å². The first-order valence-electron chi connectivity index (χ1n) is 12.2. The Morgan fingerprint density at radius 1 is 1.00 bits per heavy atom. The maximum Gasteiger partial charge on any atom is 0.254 e. The minimum absolute atomic E-state index is 0.0627. The van der Waals surface area contributed by atoms with Crippen molar-refractivity contribution in [2.75, 3.05) is 0 Å². The molecule has 37 heavy (non-hydrogen) atoms. The van der Waals surface area contributed by atoms with Crippen LogP contribution in [0.15, 0.2) is 77.8 Å². The highest BCUT2D eigenvalue weighted by Crippen LogP contribution is 2.40. The van der Waals surface area contributed by atoms with Crippen molar-refractivity contribution in [3.63, 3.8) is 0 Å². The fourth-order valence-corrected chi connectivity index (χ4v) is 6.05. The minimum atomic E-state index is -0.0627. The molecular weight excluding hydrogens is 523 g/mol. The number of thiophene rings is 1. The molecule has 188 valence electrons. The van der Waals surface area contributed by atoms with Gasteiger partial charge in [-0.15, -0.1) is 11.3 Å². The van der Waals surface area contributed by atoms with Crippen LogP contribution in [0.25, 0.3) is 0 Å². The molecule has 0 fully saturated rings. The molecule has 3 aromatic carbocycles. The summed E-state index contributed by atoms with van der Waals surface area (Å²) >= 11 is 13.9. The first-order valence-corrected chi connectivity index (χ1v) is 13.8. The van der Waals surface area contributed by atoms with Crippen molar-refractivity contribution in [2.24, 2.45) is 4.99 Å². The Morgan fingerprint density at radius 3 is 2.68 bits per heavy atom. The third kappa shape index (κ3) is 6.42. The summed E-state index contributed by atoms with van der Waals surface area (Å²) in [6.45, 7) is 0.824. The van der Waals surface area contributed by atoms with Crippen LogP contribution in [0.4, 0.5) is 5.00 Å². The van der Waals surface area contributed by atoms with Crippen molar-refractivity contribution in [3.8, 4) is 5.75 Å². The van der Waals surface area contributed by atoms with E-state index in [1.807, 2.05) is 60.7 Å². The largest absolute Gasteiger partial charge is 0.489 e. The van der Waals surface area contributed by atoms with Gasteiger partial charge in [0, 0.05) is 33.2 Å². The van der Waals surface area contributed by atoms with Gasteiger partial charge in [-0.05, 0) is 66.6 Å². The van der Waals surface area contributed by atoms with Gasteiger partial charge in [-0.25, -0.2) is 4.99 Å². The van der Waals surface area contributed by atoms with Gasteiger partial charge in [0.25, 0.3) is 5.91 Å². The van der Waals surface area contributed by atoms with Crippen molar-refractivity contribution >= 4 is 51.7 Å². The van der Waals surface area contributed by atoms with Crippen molar-refractivity contribution in [3.05, 3.63) is 116 Å². The zero-order chi connectivity index (χ0) is 25.6. The lowest BCUT2D eigenvalue weighted by molar-refractivity contribution is 0.0951. The molecule has 4 aromatic rings. The first-order chi connectivity index (χ1) is 18.1. The number of fused-ring (bicyclic) bond motifs is 1. The highest BCUT2D eigenvalue weighted by atomic mass is 35.5. The Morgan fingerprint density at radius 2 is 1.84 bits per heavy atom.